The number of carbonyl (C=O) groups is 2. The Balaban J connectivity index is 0.000000202. The first-order chi connectivity index (χ1) is 47.9. The van der Waals surface area contributed by atoms with Gasteiger partial charge in [0.2, 0.25) is 0 Å². The predicted octanol–water partition coefficient (Wildman–Crippen LogP) is 1.31. The lowest BCUT2D eigenvalue weighted by atomic mass is 9.78. The van der Waals surface area contributed by atoms with Crippen LogP contribution < -0.4 is 56.6 Å². The largest absolute Gasteiger partial charge is 0.461 e. The molecular weight excluding hydrogens is 1370 g/mol. The van der Waals surface area contributed by atoms with Gasteiger partial charge in [0.05, 0.1) is 32.5 Å². The molecule has 5 saturated heterocycles. The van der Waals surface area contributed by atoms with E-state index in [9.17, 15) is 90.3 Å². The molecule has 0 unspecified atom stereocenters. The van der Waals surface area contributed by atoms with E-state index in [4.69, 9.17) is 39.9 Å². The normalized spacial score (nSPS) is 33.7. The number of alkyl halides is 5. The van der Waals surface area contributed by atoms with Gasteiger partial charge in [-0.3, -0.25) is 52.2 Å². The molecule has 5 aromatic heterocycles. The number of hydrogen-bond acceptors (Lipinski definition) is 25. The van der Waals surface area contributed by atoms with Crippen LogP contribution in [0.3, 0.4) is 0 Å². The third-order valence-electron chi connectivity index (χ3n) is 20.7. The summed E-state index contributed by atoms with van der Waals surface area (Å²) in [7, 11) is 1.02. The van der Waals surface area contributed by atoms with Crippen molar-refractivity contribution in [2.24, 2.45) is 41.4 Å². The van der Waals surface area contributed by atoms with Crippen LogP contribution in [0.2, 0.25) is 0 Å². The van der Waals surface area contributed by atoms with Gasteiger partial charge in [-0.2, -0.15) is 9.97 Å². The van der Waals surface area contributed by atoms with Crippen molar-refractivity contribution in [3.63, 3.8) is 0 Å². The number of nitrogen functional groups attached to an aromatic ring is 2. The molecule has 5 aromatic rings. The summed E-state index contributed by atoms with van der Waals surface area (Å²) in [6.07, 6.45) is 1.40. The molecule has 0 bridgehead atoms. The second-order valence-electron chi connectivity index (χ2n) is 26.2. The van der Waals surface area contributed by atoms with E-state index in [1.807, 2.05) is 46.5 Å². The van der Waals surface area contributed by atoms with Gasteiger partial charge in [0, 0.05) is 78.8 Å². The molecule has 568 valence electrons. The molecule has 33 nitrogen and oxygen atoms in total. The zero-order chi connectivity index (χ0) is 76.5. The van der Waals surface area contributed by atoms with Crippen LogP contribution in [0.1, 0.15) is 127 Å². The second kappa shape index (κ2) is 33.4. The maximum Gasteiger partial charge on any atom is 0.418 e. The summed E-state index contributed by atoms with van der Waals surface area (Å²) in [6.45, 7) is 13.9. The van der Waals surface area contributed by atoms with Gasteiger partial charge >= 0.3 is 40.4 Å². The highest BCUT2D eigenvalue weighted by molar-refractivity contribution is 6.29. The van der Waals surface area contributed by atoms with Gasteiger partial charge in [-0.25, -0.2) is 55.5 Å². The molecule has 0 saturated carbocycles. The fourth-order valence-electron chi connectivity index (χ4n) is 13.3. The lowest BCUT2D eigenvalue weighted by Gasteiger charge is -2.34. The van der Waals surface area contributed by atoms with E-state index in [1.54, 1.807) is 40.0 Å². The van der Waals surface area contributed by atoms with E-state index in [0.29, 0.717) is 12.8 Å². The van der Waals surface area contributed by atoms with Gasteiger partial charge < -0.3 is 65.1 Å². The Labute approximate surface area is 578 Å². The van der Waals surface area contributed by atoms with Crippen LogP contribution in [0.25, 0.3) is 0 Å². The minimum Gasteiger partial charge on any atom is -0.461 e. The first kappa shape index (κ1) is 82.6. The van der Waals surface area contributed by atoms with Crippen molar-refractivity contribution in [1.29, 1.82) is 0 Å². The SMILES string of the molecule is CC[C@@]1(CF)O[C@@H](n2ccc(=O)[nH]c2=O)[C@@H](C)[C@@H]1C.CC[C@@]1(CF)O[C@@H](n2ccc(=O)[nH]c2=O)[C@](C)(OC(=O)C(=O)OC)[C@@H]1C.CC[C@@]1(CF)O[C@@H](n2ccc(N)nc2=O)[C@@H](C)[C@@H]1C.C[C@@H]1[C@H](n2ccc(=O)[nH]c2=O)O[C@@](CO)(CF)[C@H]1O.C[C@@H]1[C@H](n2ccc(N)nc2=O)O[C@@](CO)(CF)[C@H]1O. The lowest BCUT2D eigenvalue weighted by Crippen LogP contribution is -2.49. The van der Waals surface area contributed by atoms with Crippen molar-refractivity contribution in [3.8, 4) is 0 Å². The average molecular weight is 1460 g/mol. The number of aliphatic hydroxyl groups is 4. The number of aromatic amines is 3. The van der Waals surface area contributed by atoms with Gasteiger partial charge in [-0.1, -0.05) is 69.2 Å². The van der Waals surface area contributed by atoms with Gasteiger partial charge in [0.25, 0.3) is 16.7 Å². The number of H-pyrrole nitrogens is 3. The summed E-state index contributed by atoms with van der Waals surface area (Å²) < 4.78 is 111. The van der Waals surface area contributed by atoms with Crippen molar-refractivity contribution in [2.45, 2.75) is 172 Å². The van der Waals surface area contributed by atoms with E-state index >= 15 is 0 Å². The topological polar surface area (TPSA) is 466 Å². The van der Waals surface area contributed by atoms with Gasteiger partial charge in [-0.05, 0) is 50.2 Å². The molecule has 11 N–H and O–H groups in total. The number of nitrogens with one attached hydrogen (secondary N) is 3. The van der Waals surface area contributed by atoms with E-state index < -0.39 is 198 Å². The molecule has 5 aliphatic rings. The van der Waals surface area contributed by atoms with Crippen molar-refractivity contribution in [3.05, 3.63) is 145 Å². The highest BCUT2D eigenvalue weighted by atomic mass is 19.1. The zero-order valence-electron chi connectivity index (χ0n) is 58.3. The number of hydrogen-bond donors (Lipinski definition) is 9. The van der Waals surface area contributed by atoms with Crippen molar-refractivity contribution >= 4 is 23.6 Å². The molecular formula is C64H91F5N12O21. The molecule has 0 radical (unpaired) electrons. The highest BCUT2D eigenvalue weighted by Gasteiger charge is 2.63. The van der Waals surface area contributed by atoms with E-state index in [-0.39, 0.29) is 41.7 Å². The first-order valence-electron chi connectivity index (χ1n) is 32.7. The number of methoxy groups -OCH3 is 1. The second-order valence-corrected chi connectivity index (χ2v) is 26.2. The third-order valence-corrected chi connectivity index (χ3v) is 20.7. The quantitative estimate of drug-likeness (QED) is 0.0382. The molecule has 10 rings (SSSR count). The van der Waals surface area contributed by atoms with Crippen LogP contribution in [0.4, 0.5) is 33.6 Å². The Morgan fingerprint density at radius 1 is 0.490 bits per heavy atom. The molecule has 102 heavy (non-hydrogen) atoms. The number of esters is 2. The summed E-state index contributed by atoms with van der Waals surface area (Å²) in [6, 6.07) is 6.42. The standard InChI is InChI=1S/C16H21FN2O7.C13H20FN3O2.C13H19FN2O3.C11H16FN3O4.C11H15FN2O5/c1-5-16(8-17)9(2)15(3,25-12(22)11(21)24-4)13(26-16)19-7-6-10(20)18-14(19)23;1-4-13(7-14)9(3)8(2)11(19-13)17-6-5-10(15)16-12(17)18;1-4-13(7-14)9(3)8(2)11(19-13)16-6-5-10(17)15-12(16)18;1-6-8(17)11(4-12,5-16)19-9(6)15-3-2-7(13)14-10(15)18;1-6-8(17)11(4-12,5-15)19-9(6)14-3-2-7(16)13-10(14)18/h6-7,9,13H,5,8H2,1-4H3,(H,18,20,23);5-6,8-9,11H,4,7H2,1-3H3,(H2,15,16,18);5-6,8-9,11H,4,7H2,1-3H3,(H,15,17,18);2-3,6,8-9,16-17H,4-5H2,1H3,(H2,13,14,18);2-3,6,8-9,15,17H,4-5H2,1H3,(H,13,16,18)/t9-,13+,15+,16-;2*8-,9-,11+,13-;2*6-,8-,9+,11+/m00000/s1. The number of anilines is 2. The number of nitrogens with zero attached hydrogens (tertiary/aromatic N) is 7. The Morgan fingerprint density at radius 2 is 0.804 bits per heavy atom. The van der Waals surface area contributed by atoms with Gasteiger partial charge in [-0.15, -0.1) is 0 Å². The molecule has 0 aromatic carbocycles. The number of aliphatic hydroxyl groups excluding tert-OH is 4. The molecule has 5 aliphatic heterocycles. The average Bonchev–Trinajstić information content (AvgIpc) is 1.58. The van der Waals surface area contributed by atoms with Crippen LogP contribution in [-0.2, 0) is 42.7 Å². The van der Waals surface area contributed by atoms with Crippen LogP contribution >= 0.6 is 0 Å². The third kappa shape index (κ3) is 16.0. The van der Waals surface area contributed by atoms with Crippen molar-refractivity contribution in [2.75, 3.05) is 65.2 Å². The highest BCUT2D eigenvalue weighted by Crippen LogP contribution is 2.53. The Kier molecular flexibility index (Phi) is 27.0. The van der Waals surface area contributed by atoms with Crippen LogP contribution in [0, 0.1) is 41.4 Å². The van der Waals surface area contributed by atoms with Crippen LogP contribution in [0.15, 0.2) is 99.7 Å². The summed E-state index contributed by atoms with van der Waals surface area (Å²) >= 11 is 0. The summed E-state index contributed by atoms with van der Waals surface area (Å²) in [4.78, 5) is 130. The molecule has 0 spiro atoms. The predicted molar refractivity (Wildman–Crippen MR) is 352 cm³/mol. The lowest BCUT2D eigenvalue weighted by molar-refractivity contribution is -0.186. The number of nitrogens with two attached hydrogens (primary N) is 2. The first-order valence-corrected chi connectivity index (χ1v) is 32.7. The van der Waals surface area contributed by atoms with Crippen LogP contribution in [-0.4, -0.2) is 180 Å². The number of ether oxygens (including phenoxy) is 7. The maximum absolute atomic E-state index is 13.9. The summed E-state index contributed by atoms with van der Waals surface area (Å²) in [5, 5.41) is 38.4. The number of carbonyl (C=O) groups excluding carboxylic acids is 2. The smallest absolute Gasteiger partial charge is 0.418 e. The maximum atomic E-state index is 13.9. The van der Waals surface area contributed by atoms with Gasteiger partial charge in [0.15, 0.2) is 11.8 Å². The van der Waals surface area contributed by atoms with E-state index in [2.05, 4.69) is 24.7 Å². The molecule has 20 atom stereocenters. The molecule has 5 fully saturated rings. The van der Waals surface area contributed by atoms with Gasteiger partial charge in [0.1, 0.15) is 97.9 Å². The zero-order valence-corrected chi connectivity index (χ0v) is 58.3. The molecule has 0 aliphatic carbocycles. The Morgan fingerprint density at radius 3 is 1.10 bits per heavy atom. The molecule has 10 heterocycles. The van der Waals surface area contributed by atoms with Crippen LogP contribution in [0.5, 0.6) is 0 Å². The number of aromatic nitrogens is 10. The minimum absolute atomic E-state index is 0.00803. The minimum atomic E-state index is -1.74. The Bertz CT molecular complexity index is 3990. The monoisotopic (exact) mass is 1460 g/mol. The number of rotatable bonds is 16. The number of halogens is 5. The molecule has 0 amide bonds. The van der Waals surface area contributed by atoms with E-state index in [1.165, 1.54) is 46.8 Å². The summed E-state index contributed by atoms with van der Waals surface area (Å²) in [5.41, 5.74) is -1.99. The Hall–Kier alpha value is -8.37. The summed E-state index contributed by atoms with van der Waals surface area (Å²) in [5.74, 6) is -4.18. The van der Waals surface area contributed by atoms with Crippen molar-refractivity contribution < 1.29 is 85.1 Å². The fraction of sp³-hybridized carbons (Fsp3) is 0.656. The fourth-order valence-corrected chi connectivity index (χ4v) is 13.3. The van der Waals surface area contributed by atoms with Crippen molar-refractivity contribution in [1.82, 2.24) is 47.8 Å². The van der Waals surface area contributed by atoms with E-state index in [0.717, 1.165) is 39.1 Å². The molecule has 38 heteroatoms.